The largest absolute Gasteiger partial charge is 0.399 e. The molecule has 0 bridgehead atoms. The number of thioether (sulfide) groups is 1. The van der Waals surface area contributed by atoms with Crippen molar-refractivity contribution in [2.45, 2.75) is 67.5 Å². The van der Waals surface area contributed by atoms with E-state index < -0.39 is 38.2 Å². The summed E-state index contributed by atoms with van der Waals surface area (Å²) >= 11 is 1.46. The summed E-state index contributed by atoms with van der Waals surface area (Å²) in [5.74, 6) is 0. The van der Waals surface area contributed by atoms with E-state index in [2.05, 4.69) is 45.0 Å². The Hall–Kier alpha value is -1.93. The third kappa shape index (κ3) is 4.89. The Morgan fingerprint density at radius 2 is 1.24 bits per heavy atom. The summed E-state index contributed by atoms with van der Waals surface area (Å²) in [6.07, 6.45) is -3.23. The Balaban J connectivity index is 1.78. The van der Waals surface area contributed by atoms with Crippen molar-refractivity contribution in [3.05, 3.63) is 91.0 Å². The summed E-state index contributed by atoms with van der Waals surface area (Å²) in [5.41, 5.74) is -0.552. The van der Waals surface area contributed by atoms with Crippen molar-refractivity contribution in [1.29, 1.82) is 0 Å². The standard InChI is InChI=1S/C28H34O4SSi/c1-20-24(29)26(25(30)27(31-20)33-21-14-8-5-9-15-21)32-34(28(2,3)4,22-16-10-6-11-17-22)23-18-12-7-13-19-23/h5-20,24-27,29-30H,1-4H3/t20-,24+,25-,26+,27+/m0/s1. The predicted octanol–water partition coefficient (Wildman–Crippen LogP) is 4.19. The Morgan fingerprint density at radius 3 is 1.71 bits per heavy atom. The van der Waals surface area contributed by atoms with Crippen molar-refractivity contribution in [3.8, 4) is 0 Å². The fourth-order valence-corrected chi connectivity index (χ4v) is 10.6. The lowest BCUT2D eigenvalue weighted by atomic mass is 10.0. The lowest BCUT2D eigenvalue weighted by Gasteiger charge is -2.49. The molecule has 180 valence electrons. The Morgan fingerprint density at radius 1 is 0.765 bits per heavy atom. The molecule has 3 aromatic rings. The number of benzene rings is 3. The molecule has 0 aliphatic carbocycles. The summed E-state index contributed by atoms with van der Waals surface area (Å²) in [7, 11) is -2.96. The van der Waals surface area contributed by atoms with E-state index in [9.17, 15) is 10.2 Å². The first kappa shape index (κ1) is 25.2. The molecule has 4 nitrogen and oxygen atoms in total. The highest BCUT2D eigenvalue weighted by molar-refractivity contribution is 7.99. The molecule has 1 heterocycles. The van der Waals surface area contributed by atoms with E-state index in [1.807, 2.05) is 73.7 Å². The van der Waals surface area contributed by atoms with Crippen LogP contribution in [0.3, 0.4) is 0 Å². The maximum absolute atomic E-state index is 11.5. The lowest BCUT2D eigenvalue weighted by Crippen LogP contribution is -2.71. The number of aliphatic hydroxyl groups excluding tert-OH is 2. The highest BCUT2D eigenvalue weighted by Gasteiger charge is 2.55. The van der Waals surface area contributed by atoms with Crippen molar-refractivity contribution in [2.75, 3.05) is 0 Å². The molecule has 34 heavy (non-hydrogen) atoms. The van der Waals surface area contributed by atoms with Gasteiger partial charge in [-0.2, -0.15) is 0 Å². The third-order valence-corrected chi connectivity index (χ3v) is 12.7. The van der Waals surface area contributed by atoms with E-state index in [1.54, 1.807) is 0 Å². The highest BCUT2D eigenvalue weighted by atomic mass is 32.2. The molecule has 0 aromatic heterocycles. The molecule has 1 fully saturated rings. The van der Waals surface area contributed by atoms with Crippen molar-refractivity contribution in [1.82, 2.24) is 0 Å². The summed E-state index contributed by atoms with van der Waals surface area (Å²) in [5, 5.41) is 24.7. The van der Waals surface area contributed by atoms with Crippen LogP contribution in [0.5, 0.6) is 0 Å². The van der Waals surface area contributed by atoms with Gasteiger partial charge in [0, 0.05) is 4.90 Å². The van der Waals surface area contributed by atoms with Crippen molar-refractivity contribution < 1.29 is 19.4 Å². The number of hydrogen-bond donors (Lipinski definition) is 2. The number of aliphatic hydroxyl groups is 2. The number of rotatable bonds is 6. The van der Waals surface area contributed by atoms with Crippen molar-refractivity contribution in [2.24, 2.45) is 0 Å². The fraction of sp³-hybridized carbons (Fsp3) is 0.357. The second kappa shape index (κ2) is 10.4. The van der Waals surface area contributed by atoms with Gasteiger partial charge in [0.2, 0.25) is 0 Å². The average Bonchev–Trinajstić information content (AvgIpc) is 2.84. The molecule has 2 N–H and O–H groups in total. The van der Waals surface area contributed by atoms with Gasteiger partial charge in [0.05, 0.1) is 6.10 Å². The molecule has 1 aliphatic heterocycles. The van der Waals surface area contributed by atoms with Crippen LogP contribution in [0.4, 0.5) is 0 Å². The minimum Gasteiger partial charge on any atom is -0.399 e. The second-order valence-electron chi connectivity index (χ2n) is 9.87. The van der Waals surface area contributed by atoms with Gasteiger partial charge >= 0.3 is 0 Å². The normalized spacial score (nSPS) is 25.8. The molecule has 0 amide bonds. The van der Waals surface area contributed by atoms with Crippen LogP contribution in [-0.2, 0) is 9.16 Å². The Bertz CT molecular complexity index is 1000. The molecule has 0 saturated carbocycles. The zero-order valence-corrected chi connectivity index (χ0v) is 22.0. The predicted molar refractivity (Wildman–Crippen MR) is 141 cm³/mol. The highest BCUT2D eigenvalue weighted by Crippen LogP contribution is 2.41. The first-order chi connectivity index (χ1) is 16.2. The van der Waals surface area contributed by atoms with Gasteiger partial charge in [-0.15, -0.1) is 0 Å². The van der Waals surface area contributed by atoms with Crippen LogP contribution in [0.2, 0.25) is 5.04 Å². The maximum atomic E-state index is 11.5. The van der Waals surface area contributed by atoms with E-state index in [0.717, 1.165) is 15.3 Å². The number of ether oxygens (including phenoxy) is 1. The first-order valence-electron chi connectivity index (χ1n) is 11.8. The van der Waals surface area contributed by atoms with Crippen LogP contribution in [0.1, 0.15) is 27.7 Å². The van der Waals surface area contributed by atoms with Gasteiger partial charge in [0.1, 0.15) is 23.7 Å². The molecular weight excluding hydrogens is 460 g/mol. The molecule has 1 aliphatic rings. The molecule has 0 spiro atoms. The zero-order valence-electron chi connectivity index (χ0n) is 20.2. The molecule has 0 radical (unpaired) electrons. The van der Waals surface area contributed by atoms with E-state index in [-0.39, 0.29) is 5.04 Å². The van der Waals surface area contributed by atoms with Gasteiger partial charge in [-0.25, -0.2) is 0 Å². The zero-order chi connectivity index (χ0) is 24.3. The Kier molecular flexibility index (Phi) is 7.67. The number of hydrogen-bond acceptors (Lipinski definition) is 5. The van der Waals surface area contributed by atoms with Crippen LogP contribution in [0.15, 0.2) is 95.9 Å². The van der Waals surface area contributed by atoms with Gasteiger partial charge in [0.15, 0.2) is 0 Å². The Labute approximate surface area is 208 Å². The topological polar surface area (TPSA) is 58.9 Å². The molecule has 6 heteroatoms. The van der Waals surface area contributed by atoms with Gasteiger partial charge in [0.25, 0.3) is 8.32 Å². The van der Waals surface area contributed by atoms with Gasteiger partial charge in [-0.05, 0) is 34.5 Å². The van der Waals surface area contributed by atoms with Crippen LogP contribution >= 0.6 is 11.8 Å². The van der Waals surface area contributed by atoms with Crippen LogP contribution in [-0.4, -0.2) is 48.4 Å². The van der Waals surface area contributed by atoms with E-state index in [0.29, 0.717) is 0 Å². The molecule has 5 atom stereocenters. The molecule has 3 aromatic carbocycles. The summed E-state index contributed by atoms with van der Waals surface area (Å²) in [4.78, 5) is 0.999. The monoisotopic (exact) mass is 494 g/mol. The van der Waals surface area contributed by atoms with Crippen molar-refractivity contribution >= 4 is 30.5 Å². The van der Waals surface area contributed by atoms with Crippen LogP contribution in [0, 0.1) is 0 Å². The second-order valence-corrected chi connectivity index (χ2v) is 15.3. The van der Waals surface area contributed by atoms with Crippen LogP contribution in [0.25, 0.3) is 0 Å². The SMILES string of the molecule is C[C@@H]1O[C@H](Sc2ccccc2)[C@@H](O)[C@H](O[Si](c2ccccc2)(c2ccccc2)C(C)(C)C)[C@@H]1O. The molecule has 1 saturated heterocycles. The smallest absolute Gasteiger partial charge is 0.261 e. The van der Waals surface area contributed by atoms with Crippen molar-refractivity contribution in [3.63, 3.8) is 0 Å². The van der Waals surface area contributed by atoms with Gasteiger partial charge < -0.3 is 19.4 Å². The van der Waals surface area contributed by atoms with E-state index >= 15 is 0 Å². The minimum atomic E-state index is -2.96. The molecule has 4 rings (SSSR count). The first-order valence-corrected chi connectivity index (χ1v) is 14.5. The van der Waals surface area contributed by atoms with E-state index in [1.165, 1.54) is 11.8 Å². The molecular formula is C28H34O4SSi. The van der Waals surface area contributed by atoms with E-state index in [4.69, 9.17) is 9.16 Å². The summed E-state index contributed by atoms with van der Waals surface area (Å²) in [6.45, 7) is 8.42. The van der Waals surface area contributed by atoms with Gasteiger partial charge in [-0.1, -0.05) is 111 Å². The lowest BCUT2D eigenvalue weighted by molar-refractivity contribution is -0.186. The van der Waals surface area contributed by atoms with Crippen LogP contribution < -0.4 is 10.4 Å². The quantitative estimate of drug-likeness (QED) is 0.503. The maximum Gasteiger partial charge on any atom is 0.261 e. The fourth-order valence-electron chi connectivity index (χ4n) is 4.76. The summed E-state index contributed by atoms with van der Waals surface area (Å²) in [6, 6.07) is 30.5. The third-order valence-electron chi connectivity index (χ3n) is 6.51. The minimum absolute atomic E-state index is 0.265. The molecule has 0 unspecified atom stereocenters. The average molecular weight is 495 g/mol. The summed E-state index contributed by atoms with van der Waals surface area (Å²) < 4.78 is 13.2. The van der Waals surface area contributed by atoms with Gasteiger partial charge in [-0.3, -0.25) is 0 Å².